The van der Waals surface area contributed by atoms with Crippen LogP contribution in [0.4, 0.5) is 11.4 Å². The number of carbonyl (C=O) groups is 3. The third-order valence-electron chi connectivity index (χ3n) is 12.9. The minimum absolute atomic E-state index is 0.0714. The second kappa shape index (κ2) is 25.1. The molecule has 2 aromatic carbocycles. The number of carbonyl (C=O) groups excluding carboxylic acids is 2. The van der Waals surface area contributed by atoms with Gasteiger partial charge in [0.05, 0.1) is 30.8 Å². The molecule has 0 saturated carbocycles. The molecule has 0 aromatic heterocycles. The summed E-state index contributed by atoms with van der Waals surface area (Å²) < 4.78 is 2.26. The highest BCUT2D eigenvalue weighted by Gasteiger charge is 2.45. The first kappa shape index (κ1) is 55.7. The Bertz CT molecular complexity index is 2170. The predicted molar refractivity (Wildman–Crippen MR) is 255 cm³/mol. The van der Waals surface area contributed by atoms with E-state index in [0.717, 1.165) is 59.7 Å². The van der Waals surface area contributed by atoms with Gasteiger partial charge in [0.15, 0.2) is 5.71 Å². The molecule has 18 heteroatoms. The smallest absolute Gasteiger partial charge is 0.303 e. The number of nitrogens with zero attached hydrogens (tertiary/aromatic N) is 2. The molecule has 0 saturated heterocycles. The van der Waals surface area contributed by atoms with E-state index in [1.54, 1.807) is 18.2 Å². The summed E-state index contributed by atoms with van der Waals surface area (Å²) in [6, 6.07) is 10.6. The van der Waals surface area contributed by atoms with Gasteiger partial charge in [-0.05, 0) is 75.1 Å². The molecule has 8 unspecified atom stereocenters. The molecule has 2 amide bonds. The number of aliphatic hydroxyl groups excluding tert-OH is 10. The van der Waals surface area contributed by atoms with Crippen LogP contribution >= 0.6 is 0 Å². The molecule has 0 fully saturated rings. The van der Waals surface area contributed by atoms with E-state index in [4.69, 9.17) is 10.2 Å². The number of carboxylic acids is 1. The van der Waals surface area contributed by atoms with Crippen molar-refractivity contribution < 1.29 is 75.1 Å². The molecule has 2 heterocycles. The van der Waals surface area contributed by atoms with Crippen molar-refractivity contribution in [2.24, 2.45) is 0 Å². The van der Waals surface area contributed by atoms with Crippen LogP contribution in [-0.2, 0) is 15.6 Å². The van der Waals surface area contributed by atoms with Gasteiger partial charge in [-0.2, -0.15) is 4.58 Å². The van der Waals surface area contributed by atoms with Gasteiger partial charge in [0.2, 0.25) is 5.69 Å². The largest absolute Gasteiger partial charge is 0.481 e. The number of anilines is 1. The number of nitrogens with one attached hydrogen (secondary N) is 2. The summed E-state index contributed by atoms with van der Waals surface area (Å²) in [5.74, 6) is -1.91. The lowest BCUT2D eigenvalue weighted by Crippen LogP contribution is -2.49. The fraction of sp³-hybridized carbons (Fsp3) is 0.560. The molecule has 2 aromatic rings. The Morgan fingerprint density at radius 3 is 1.75 bits per heavy atom. The Morgan fingerprint density at radius 2 is 1.21 bits per heavy atom. The topological polar surface area (TPSA) is 304 Å². The van der Waals surface area contributed by atoms with Crippen LogP contribution in [0.1, 0.15) is 111 Å². The zero-order valence-electron chi connectivity index (χ0n) is 39.7. The third-order valence-corrected chi connectivity index (χ3v) is 12.9. The van der Waals surface area contributed by atoms with Crippen LogP contribution in [0.3, 0.4) is 0 Å². The van der Waals surface area contributed by atoms with Crippen molar-refractivity contribution in [3.05, 3.63) is 94.7 Å². The molecule has 68 heavy (non-hydrogen) atoms. The van der Waals surface area contributed by atoms with Gasteiger partial charge >= 0.3 is 5.97 Å². The summed E-state index contributed by atoms with van der Waals surface area (Å²) in [5, 5.41) is 113. The van der Waals surface area contributed by atoms with Gasteiger partial charge in [-0.25, -0.2) is 0 Å². The maximum absolute atomic E-state index is 13.3. The minimum atomic E-state index is -1.83. The van der Waals surface area contributed by atoms with Crippen LogP contribution in [0.2, 0.25) is 0 Å². The van der Waals surface area contributed by atoms with E-state index in [1.807, 2.05) is 56.4 Å². The van der Waals surface area contributed by atoms with Crippen molar-refractivity contribution in [1.82, 2.24) is 10.6 Å². The first-order valence-corrected chi connectivity index (χ1v) is 23.3. The summed E-state index contributed by atoms with van der Waals surface area (Å²) in [5.41, 5.74) is 5.01. The van der Waals surface area contributed by atoms with Gasteiger partial charge in [0.1, 0.15) is 43.2 Å². The van der Waals surface area contributed by atoms with Crippen LogP contribution in [0.25, 0.3) is 0 Å². The Balaban J connectivity index is 1.58. The molecule has 0 bridgehead atoms. The van der Waals surface area contributed by atoms with Crippen LogP contribution in [0.15, 0.2) is 72.5 Å². The predicted octanol–water partition coefficient (Wildman–Crippen LogP) is 1.02. The van der Waals surface area contributed by atoms with E-state index in [1.165, 1.54) is 0 Å². The number of unbranched alkanes of at least 4 members (excludes halogenated alkanes) is 4. The Hall–Kier alpha value is -4.86. The number of amides is 2. The number of hydrogen-bond acceptors (Lipinski definition) is 14. The van der Waals surface area contributed by atoms with Gasteiger partial charge < -0.3 is 71.7 Å². The van der Waals surface area contributed by atoms with Gasteiger partial charge in [0.25, 0.3) is 11.8 Å². The van der Waals surface area contributed by atoms with E-state index in [0.29, 0.717) is 31.4 Å². The maximum atomic E-state index is 13.3. The number of allylic oxidation sites excluding steroid dienone is 6. The molecule has 13 N–H and O–H groups in total. The number of hydrogen-bond donors (Lipinski definition) is 13. The van der Waals surface area contributed by atoms with Crippen molar-refractivity contribution in [2.45, 2.75) is 139 Å². The molecule has 0 radical (unpaired) electrons. The second-order valence-electron chi connectivity index (χ2n) is 18.6. The van der Waals surface area contributed by atoms with E-state index in [-0.39, 0.29) is 12.0 Å². The zero-order chi connectivity index (χ0) is 50.5. The summed E-state index contributed by atoms with van der Waals surface area (Å²) in [4.78, 5) is 40.0. The molecule has 0 aliphatic carbocycles. The SMILES string of the molecule is CCCCC[N+]1=C(/C=C/C=C/C=C2/N(CCCCCC(=O)O)c3ccc(C(=O)NCC(O)C(O)C(O)C(O)CO)cc3C2(C)C)C(C)(C)c2cc(C(=O)NCC(O)C(O)C(O)C(O)CO)ccc21. The molecular formula is C50H73N4O14+. The standard InChI is InChI=1S/C50H72N4O14/c1-6-7-13-22-53-34-20-18-30(47(67)51-26-36(57)43(63)45(65)38(59)28-55)24-32(34)49(2,3)40(53)15-10-8-11-16-41-50(4,5)33-25-31(19-21-35(33)54(41)23-14-9-12-17-42(61)62)48(68)52-27-37(58)44(64)46(66)39(60)29-56/h8,10-11,15-16,18-21,24-25,36-39,43-46,55-60,63-66H,6-7,9,12-14,17,22-23,26-29H2,1-5H3,(H2-,51,52,61,62,67,68)/p+1. The van der Waals surface area contributed by atoms with Crippen molar-refractivity contribution >= 4 is 34.9 Å². The highest BCUT2D eigenvalue weighted by Crippen LogP contribution is 2.48. The lowest BCUT2D eigenvalue weighted by Gasteiger charge is -2.27. The van der Waals surface area contributed by atoms with Crippen LogP contribution in [-0.4, -0.2) is 172 Å². The van der Waals surface area contributed by atoms with E-state index < -0.39 is 104 Å². The quantitative estimate of drug-likeness (QED) is 0.0338. The van der Waals surface area contributed by atoms with Crippen LogP contribution < -0.4 is 15.5 Å². The fourth-order valence-electron chi connectivity index (χ4n) is 8.68. The van der Waals surface area contributed by atoms with Gasteiger partial charge in [-0.15, -0.1) is 0 Å². The van der Waals surface area contributed by atoms with Crippen molar-refractivity contribution in [3.63, 3.8) is 0 Å². The average Bonchev–Trinajstić information content (AvgIpc) is 3.66. The number of carboxylic acid groups (broad SMARTS) is 1. The second-order valence-corrected chi connectivity index (χ2v) is 18.6. The molecular weight excluding hydrogens is 881 g/mol. The first-order chi connectivity index (χ1) is 32.1. The number of fused-ring (bicyclic) bond motifs is 2. The normalized spacial score (nSPS) is 19.4. The number of benzene rings is 2. The maximum Gasteiger partial charge on any atom is 0.303 e. The summed E-state index contributed by atoms with van der Waals surface area (Å²) in [7, 11) is 0. The molecule has 2 aliphatic rings. The van der Waals surface area contributed by atoms with Crippen LogP contribution in [0.5, 0.6) is 0 Å². The highest BCUT2D eigenvalue weighted by atomic mass is 16.4. The Morgan fingerprint density at radius 1 is 0.662 bits per heavy atom. The third kappa shape index (κ3) is 13.5. The van der Waals surface area contributed by atoms with E-state index >= 15 is 0 Å². The number of aliphatic hydroxyl groups is 10. The summed E-state index contributed by atoms with van der Waals surface area (Å²) >= 11 is 0. The van der Waals surface area contributed by atoms with Gasteiger partial charge in [-0.1, -0.05) is 51.8 Å². The molecule has 376 valence electrons. The average molecular weight is 954 g/mol. The Kier molecular flexibility index (Phi) is 20.6. The monoisotopic (exact) mass is 954 g/mol. The van der Waals surface area contributed by atoms with Crippen molar-refractivity contribution in [1.29, 1.82) is 0 Å². The van der Waals surface area contributed by atoms with E-state index in [9.17, 15) is 60.3 Å². The molecule has 8 atom stereocenters. The zero-order valence-corrected chi connectivity index (χ0v) is 39.7. The summed E-state index contributed by atoms with van der Waals surface area (Å²) in [6.45, 7) is 9.19. The van der Waals surface area contributed by atoms with Crippen LogP contribution in [0, 0.1) is 0 Å². The first-order valence-electron chi connectivity index (χ1n) is 23.3. The molecule has 4 rings (SSSR count). The molecule has 0 spiro atoms. The minimum Gasteiger partial charge on any atom is -0.481 e. The Labute approximate surface area is 397 Å². The number of rotatable bonds is 27. The van der Waals surface area contributed by atoms with Gasteiger partial charge in [0, 0.05) is 78.1 Å². The highest BCUT2D eigenvalue weighted by molar-refractivity contribution is 6.04. The van der Waals surface area contributed by atoms with Crippen molar-refractivity contribution in [2.75, 3.05) is 44.3 Å². The molecule has 18 nitrogen and oxygen atoms in total. The molecule has 2 aliphatic heterocycles. The fourth-order valence-corrected chi connectivity index (χ4v) is 8.68. The summed E-state index contributed by atoms with van der Waals surface area (Å²) in [6.07, 6.45) is 0.982. The number of aliphatic carboxylic acids is 1. The van der Waals surface area contributed by atoms with Gasteiger partial charge in [-0.3, -0.25) is 14.4 Å². The lowest BCUT2D eigenvalue weighted by atomic mass is 9.80. The van der Waals surface area contributed by atoms with E-state index in [2.05, 4.69) is 47.0 Å². The van der Waals surface area contributed by atoms with Crippen molar-refractivity contribution in [3.8, 4) is 0 Å². The lowest BCUT2D eigenvalue weighted by molar-refractivity contribution is -0.438.